The first-order valence-electron chi connectivity index (χ1n) is 6.45. The van der Waals surface area contributed by atoms with E-state index in [0.717, 1.165) is 25.7 Å². The molecule has 4 nitrogen and oxygen atoms in total. The van der Waals surface area contributed by atoms with Gasteiger partial charge < -0.3 is 10.4 Å². The fourth-order valence-electron chi connectivity index (χ4n) is 2.32. The lowest BCUT2D eigenvalue weighted by molar-refractivity contribution is -0.145. The lowest BCUT2D eigenvalue weighted by Gasteiger charge is -2.28. The van der Waals surface area contributed by atoms with Gasteiger partial charge >= 0.3 is 5.97 Å². The van der Waals surface area contributed by atoms with Crippen molar-refractivity contribution in [3.8, 4) is 0 Å². The van der Waals surface area contributed by atoms with Crippen molar-refractivity contribution in [1.29, 1.82) is 0 Å². The van der Waals surface area contributed by atoms with Crippen molar-refractivity contribution in [3.05, 3.63) is 24.3 Å². The Kier molecular flexibility index (Phi) is 6.19. The minimum absolute atomic E-state index is 0.0651. The molecule has 1 aliphatic rings. The number of carbonyl (C=O) groups is 2. The summed E-state index contributed by atoms with van der Waals surface area (Å²) in [7, 11) is 0. The summed E-state index contributed by atoms with van der Waals surface area (Å²) in [6.07, 6.45) is 10.4. The number of aliphatic carboxylic acids is 1. The van der Waals surface area contributed by atoms with Gasteiger partial charge in [0.05, 0.1) is 5.92 Å². The molecule has 0 heterocycles. The van der Waals surface area contributed by atoms with Crippen LogP contribution in [-0.4, -0.2) is 23.5 Å². The van der Waals surface area contributed by atoms with Crippen LogP contribution >= 0.6 is 0 Å². The largest absolute Gasteiger partial charge is 0.481 e. The molecular formula is C14H21NO3. The Morgan fingerprint density at radius 1 is 1.28 bits per heavy atom. The van der Waals surface area contributed by atoms with Gasteiger partial charge in [-0.15, -0.1) is 0 Å². The Hall–Kier alpha value is -1.58. The average Bonchev–Trinajstić information content (AvgIpc) is 2.37. The molecule has 1 saturated carbocycles. The van der Waals surface area contributed by atoms with Crippen LogP contribution in [0.5, 0.6) is 0 Å². The Morgan fingerprint density at radius 3 is 2.67 bits per heavy atom. The minimum atomic E-state index is -0.738. The van der Waals surface area contributed by atoms with Gasteiger partial charge in [0.25, 0.3) is 0 Å². The quantitative estimate of drug-likeness (QED) is 0.581. The molecule has 0 bridgehead atoms. The molecule has 2 N–H and O–H groups in total. The van der Waals surface area contributed by atoms with E-state index < -0.39 is 5.97 Å². The molecule has 1 aliphatic carbocycles. The molecule has 2 unspecified atom stereocenters. The van der Waals surface area contributed by atoms with Crippen LogP contribution in [0, 0.1) is 11.8 Å². The number of amides is 1. The van der Waals surface area contributed by atoms with Gasteiger partial charge in [0.1, 0.15) is 0 Å². The molecule has 100 valence electrons. The van der Waals surface area contributed by atoms with Gasteiger partial charge in [-0.05, 0) is 25.7 Å². The molecule has 4 heteroatoms. The lowest BCUT2D eigenvalue weighted by atomic mass is 9.79. The molecule has 0 aromatic rings. The second kappa shape index (κ2) is 7.69. The molecule has 18 heavy (non-hydrogen) atoms. The zero-order valence-corrected chi connectivity index (χ0v) is 10.8. The monoisotopic (exact) mass is 251 g/mol. The number of carboxylic acid groups (broad SMARTS) is 1. The number of nitrogens with one attached hydrogen (secondary N) is 1. The highest BCUT2D eigenvalue weighted by Gasteiger charge is 2.30. The summed E-state index contributed by atoms with van der Waals surface area (Å²) in [5.41, 5.74) is 0. The Labute approximate surface area is 108 Å². The van der Waals surface area contributed by atoms with Crippen molar-refractivity contribution in [3.63, 3.8) is 0 Å². The van der Waals surface area contributed by atoms with E-state index in [-0.39, 0.29) is 17.7 Å². The number of allylic oxidation sites excluding steroid dienone is 3. The normalized spacial score (nSPS) is 24.5. The first-order valence-corrected chi connectivity index (χ1v) is 6.45. The van der Waals surface area contributed by atoms with E-state index in [9.17, 15) is 9.59 Å². The molecule has 1 fully saturated rings. The van der Waals surface area contributed by atoms with Crippen LogP contribution in [-0.2, 0) is 9.59 Å². The van der Waals surface area contributed by atoms with Crippen LogP contribution < -0.4 is 5.32 Å². The van der Waals surface area contributed by atoms with Gasteiger partial charge in [-0.25, -0.2) is 0 Å². The third-order valence-electron chi connectivity index (χ3n) is 3.32. The van der Waals surface area contributed by atoms with Gasteiger partial charge in [-0.3, -0.25) is 9.59 Å². The predicted octanol–water partition coefficient (Wildman–Crippen LogP) is 2.13. The molecule has 0 aromatic carbocycles. The summed E-state index contributed by atoms with van der Waals surface area (Å²) < 4.78 is 0. The summed E-state index contributed by atoms with van der Waals surface area (Å²) >= 11 is 0. The molecule has 0 aromatic heterocycles. The summed E-state index contributed by atoms with van der Waals surface area (Å²) in [6.45, 7) is 2.33. The highest BCUT2D eigenvalue weighted by Crippen LogP contribution is 2.29. The van der Waals surface area contributed by atoms with Crippen molar-refractivity contribution >= 4 is 11.9 Å². The molecule has 0 aliphatic heterocycles. The van der Waals surface area contributed by atoms with Crippen molar-refractivity contribution in [2.45, 2.75) is 32.6 Å². The number of hydrogen-bond donors (Lipinski definition) is 2. The molecule has 0 radical (unpaired) electrons. The Balaban J connectivity index is 2.40. The topological polar surface area (TPSA) is 66.4 Å². The van der Waals surface area contributed by atoms with Crippen molar-refractivity contribution in [2.24, 2.45) is 11.8 Å². The highest BCUT2D eigenvalue weighted by molar-refractivity contribution is 5.87. The Bertz CT molecular complexity index is 347. The van der Waals surface area contributed by atoms with E-state index in [1.807, 2.05) is 13.0 Å². The number of carboxylic acids is 1. The molecule has 1 rings (SSSR count). The standard InChI is InChI=1S/C14H21NO3/c1-2-3-4-9-13(16)15-10-11-7-5-6-8-12(11)14(17)18/h2-4,9,11-12H,5-8,10H2,1H3,(H,15,16)(H,17,18). The van der Waals surface area contributed by atoms with Crippen LogP contribution in [0.25, 0.3) is 0 Å². The second-order valence-electron chi connectivity index (χ2n) is 4.62. The average molecular weight is 251 g/mol. The van der Waals surface area contributed by atoms with E-state index >= 15 is 0 Å². The van der Waals surface area contributed by atoms with Gasteiger partial charge in [0.2, 0.25) is 5.91 Å². The van der Waals surface area contributed by atoms with Crippen LogP contribution in [0.2, 0.25) is 0 Å². The summed E-state index contributed by atoms with van der Waals surface area (Å²) in [5.74, 6) is -1.14. The number of rotatable bonds is 5. The lowest BCUT2D eigenvalue weighted by Crippen LogP contribution is -2.36. The maximum absolute atomic E-state index is 11.5. The van der Waals surface area contributed by atoms with E-state index in [0.29, 0.717) is 6.54 Å². The minimum Gasteiger partial charge on any atom is -0.481 e. The first-order chi connectivity index (χ1) is 8.65. The van der Waals surface area contributed by atoms with Crippen LogP contribution in [0.15, 0.2) is 24.3 Å². The third kappa shape index (κ3) is 4.73. The first kappa shape index (κ1) is 14.5. The maximum Gasteiger partial charge on any atom is 0.306 e. The van der Waals surface area contributed by atoms with Crippen LogP contribution in [0.4, 0.5) is 0 Å². The fourth-order valence-corrected chi connectivity index (χ4v) is 2.32. The highest BCUT2D eigenvalue weighted by atomic mass is 16.4. The van der Waals surface area contributed by atoms with Crippen LogP contribution in [0.3, 0.4) is 0 Å². The summed E-state index contributed by atoms with van der Waals surface area (Å²) in [6, 6.07) is 0. The smallest absolute Gasteiger partial charge is 0.306 e. The van der Waals surface area contributed by atoms with Crippen molar-refractivity contribution in [2.75, 3.05) is 6.54 Å². The molecule has 0 spiro atoms. The summed E-state index contributed by atoms with van der Waals surface area (Å²) in [5, 5.41) is 11.9. The zero-order valence-electron chi connectivity index (χ0n) is 10.8. The molecule has 0 saturated heterocycles. The van der Waals surface area contributed by atoms with Gasteiger partial charge in [-0.1, -0.05) is 31.1 Å². The van der Waals surface area contributed by atoms with E-state index in [4.69, 9.17) is 5.11 Å². The van der Waals surface area contributed by atoms with E-state index in [1.165, 1.54) is 6.08 Å². The fraction of sp³-hybridized carbons (Fsp3) is 0.571. The predicted molar refractivity (Wildman–Crippen MR) is 70.0 cm³/mol. The van der Waals surface area contributed by atoms with E-state index in [2.05, 4.69) is 5.32 Å². The van der Waals surface area contributed by atoms with Gasteiger partial charge in [-0.2, -0.15) is 0 Å². The molecular weight excluding hydrogens is 230 g/mol. The van der Waals surface area contributed by atoms with Crippen molar-refractivity contribution < 1.29 is 14.7 Å². The molecule has 1 amide bonds. The number of carbonyl (C=O) groups excluding carboxylic acids is 1. The Morgan fingerprint density at radius 2 is 2.00 bits per heavy atom. The molecule has 2 atom stereocenters. The van der Waals surface area contributed by atoms with Gasteiger partial charge in [0.15, 0.2) is 0 Å². The number of hydrogen-bond acceptors (Lipinski definition) is 2. The second-order valence-corrected chi connectivity index (χ2v) is 4.62. The van der Waals surface area contributed by atoms with Gasteiger partial charge in [0, 0.05) is 12.6 Å². The maximum atomic E-state index is 11.5. The SMILES string of the molecule is CC=CC=CC(=O)NCC1CCCCC1C(=O)O. The summed E-state index contributed by atoms with van der Waals surface area (Å²) in [4.78, 5) is 22.5. The third-order valence-corrected chi connectivity index (χ3v) is 3.32. The van der Waals surface area contributed by atoms with E-state index in [1.54, 1.807) is 12.2 Å². The zero-order chi connectivity index (χ0) is 13.4. The van der Waals surface area contributed by atoms with Crippen molar-refractivity contribution in [1.82, 2.24) is 5.32 Å². The van der Waals surface area contributed by atoms with Crippen LogP contribution in [0.1, 0.15) is 32.6 Å².